The summed E-state index contributed by atoms with van der Waals surface area (Å²) < 4.78 is 86.7. The van der Waals surface area contributed by atoms with Crippen LogP contribution in [0.3, 0.4) is 0 Å². The van der Waals surface area contributed by atoms with E-state index in [1.54, 1.807) is 24.5 Å². The number of nitrogens with one attached hydrogen (secondary N) is 1. The number of hydrogen-bond donors (Lipinski definition) is 1. The molecule has 3 aromatic heterocycles. The number of carbonyl (C=O) groups excluding carboxylic acids is 1. The van der Waals surface area contributed by atoms with Crippen LogP contribution in [0, 0.1) is 17.6 Å². The van der Waals surface area contributed by atoms with E-state index in [0.717, 1.165) is 22.9 Å². The molecule has 0 spiro atoms. The lowest BCUT2D eigenvalue weighted by atomic mass is 9.94. The number of carbonyl (C=O) groups is 1. The molecule has 0 saturated heterocycles. The molecule has 2 unspecified atom stereocenters. The van der Waals surface area contributed by atoms with Gasteiger partial charge in [0.15, 0.2) is 0 Å². The number of hydrogen-bond acceptors (Lipinski definition) is 5. The molecule has 0 radical (unpaired) electrons. The maximum absolute atomic E-state index is 15.1. The number of aromatic nitrogens is 5. The summed E-state index contributed by atoms with van der Waals surface area (Å²) in [6.45, 7) is -0.779. The number of rotatable bonds is 8. The van der Waals surface area contributed by atoms with E-state index in [4.69, 9.17) is 0 Å². The van der Waals surface area contributed by atoms with Crippen molar-refractivity contribution in [3.05, 3.63) is 107 Å². The quantitative estimate of drug-likeness (QED) is 0.206. The fourth-order valence-electron chi connectivity index (χ4n) is 6.32. The van der Waals surface area contributed by atoms with Crippen LogP contribution in [0.25, 0.3) is 21.9 Å². The Labute approximate surface area is 246 Å². The Morgan fingerprint density at radius 1 is 1.02 bits per heavy atom. The Balaban J connectivity index is 1.27. The van der Waals surface area contributed by atoms with E-state index in [9.17, 15) is 22.4 Å². The third-order valence-corrected chi connectivity index (χ3v) is 8.20. The number of alkyl halides is 4. The van der Waals surface area contributed by atoms with Crippen molar-refractivity contribution in [3.63, 3.8) is 0 Å². The number of amides is 1. The van der Waals surface area contributed by atoms with E-state index < -0.39 is 65.7 Å². The van der Waals surface area contributed by atoms with Crippen LogP contribution < -0.4 is 5.32 Å². The smallest absolute Gasteiger partial charge is 0.293 e. The molecule has 13 heteroatoms. The van der Waals surface area contributed by atoms with Gasteiger partial charge in [-0.05, 0) is 53.5 Å². The molecule has 1 fully saturated rings. The molecule has 1 saturated carbocycles. The minimum Gasteiger partial charge on any atom is -0.346 e. The van der Waals surface area contributed by atoms with Crippen molar-refractivity contribution >= 4 is 16.7 Å². The molecule has 2 aliphatic rings. The summed E-state index contributed by atoms with van der Waals surface area (Å²) in [6.07, 6.45) is 2.93. The first-order chi connectivity index (χ1) is 21.1. The van der Waals surface area contributed by atoms with Crippen molar-refractivity contribution in [1.29, 1.82) is 0 Å². The van der Waals surface area contributed by atoms with Gasteiger partial charge in [0.25, 0.3) is 12.3 Å². The number of benzene rings is 2. The molecule has 5 aromatic rings. The third-order valence-electron chi connectivity index (χ3n) is 8.20. The highest BCUT2D eigenvalue weighted by molar-refractivity contribution is 5.96. The minimum atomic E-state index is -3.40. The van der Waals surface area contributed by atoms with Gasteiger partial charge in [0.1, 0.15) is 35.9 Å². The summed E-state index contributed by atoms with van der Waals surface area (Å²) in [4.78, 5) is 26.2. The van der Waals surface area contributed by atoms with Gasteiger partial charge in [-0.3, -0.25) is 14.5 Å². The first-order valence-electron chi connectivity index (χ1n) is 13.8. The van der Waals surface area contributed by atoms with Crippen molar-refractivity contribution < 1.29 is 31.1 Å². The van der Waals surface area contributed by atoms with E-state index in [1.165, 1.54) is 12.5 Å². The molecule has 0 aliphatic heterocycles. The molecule has 2 aliphatic carbocycles. The van der Waals surface area contributed by atoms with Crippen LogP contribution in [0.4, 0.5) is 26.3 Å². The minimum absolute atomic E-state index is 0.0879. The molecular weight excluding hydrogens is 586 g/mol. The molecule has 7 nitrogen and oxygen atoms in total. The Hall–Kier alpha value is -4.81. The zero-order chi connectivity index (χ0) is 30.7. The van der Waals surface area contributed by atoms with Gasteiger partial charge in [-0.1, -0.05) is 18.2 Å². The summed E-state index contributed by atoms with van der Waals surface area (Å²) in [5, 5.41) is 8.07. The molecule has 3 heterocycles. The Bertz CT molecular complexity index is 1900. The first-order valence-corrected chi connectivity index (χ1v) is 13.8. The lowest BCUT2D eigenvalue weighted by molar-refractivity contribution is -0.123. The lowest BCUT2D eigenvalue weighted by Gasteiger charge is -2.22. The monoisotopic (exact) mass is 608 g/mol. The van der Waals surface area contributed by atoms with Crippen LogP contribution in [0.2, 0.25) is 0 Å². The van der Waals surface area contributed by atoms with Crippen LogP contribution in [-0.2, 0) is 23.7 Å². The largest absolute Gasteiger partial charge is 0.346 e. The van der Waals surface area contributed by atoms with E-state index in [2.05, 4.69) is 25.4 Å². The van der Waals surface area contributed by atoms with Gasteiger partial charge in [0, 0.05) is 47.1 Å². The van der Waals surface area contributed by atoms with Crippen molar-refractivity contribution in [3.8, 4) is 11.1 Å². The van der Waals surface area contributed by atoms with Crippen LogP contribution in [0.15, 0.2) is 67.4 Å². The zero-order valence-electron chi connectivity index (χ0n) is 22.7. The Kier molecular flexibility index (Phi) is 6.63. The summed E-state index contributed by atoms with van der Waals surface area (Å²) in [6, 6.07) is 9.16. The highest BCUT2D eigenvalue weighted by Gasteiger charge is 2.67. The number of nitrogens with zero attached hydrogens (tertiary/aromatic N) is 5. The van der Waals surface area contributed by atoms with Gasteiger partial charge in [0.05, 0.1) is 11.7 Å². The predicted molar refractivity (Wildman–Crippen MR) is 146 cm³/mol. The number of fused-ring (bicyclic) bond motifs is 4. The standard InChI is InChI=1S/C31H22F6N6O/c32-17-6-15(7-18(33)9-17)8-24(27-22(12-39-14-40-27)20-3-1-2-16-11-38-5-4-19(16)20)41-25(44)13-43-29-26(28(42-43)30(34)35)21-10-23(21)31(29,36)37/h1-7,9,11-12,14,21,23-24,30H,8,10,13H2,(H,41,44)/t21?,23?,24-/m0/s1. The second kappa shape index (κ2) is 10.4. The van der Waals surface area contributed by atoms with E-state index in [1.807, 2.05) is 12.1 Å². The van der Waals surface area contributed by atoms with Crippen molar-refractivity contribution in [2.24, 2.45) is 5.92 Å². The first kappa shape index (κ1) is 28.0. The van der Waals surface area contributed by atoms with Crippen molar-refractivity contribution in [1.82, 2.24) is 30.0 Å². The van der Waals surface area contributed by atoms with Gasteiger partial charge in [-0.15, -0.1) is 0 Å². The average Bonchev–Trinajstić information content (AvgIpc) is 3.64. The molecule has 224 valence electrons. The summed E-state index contributed by atoms with van der Waals surface area (Å²) in [7, 11) is 0. The van der Waals surface area contributed by atoms with Gasteiger partial charge >= 0.3 is 0 Å². The van der Waals surface area contributed by atoms with Crippen LogP contribution in [-0.4, -0.2) is 30.6 Å². The third kappa shape index (κ3) is 4.76. The summed E-state index contributed by atoms with van der Waals surface area (Å²) in [5.74, 6) is -7.69. The zero-order valence-corrected chi connectivity index (χ0v) is 22.7. The highest BCUT2D eigenvalue weighted by atomic mass is 19.3. The fraction of sp³-hybridized carbons (Fsp3) is 0.258. The van der Waals surface area contributed by atoms with Gasteiger partial charge in [0.2, 0.25) is 5.91 Å². The van der Waals surface area contributed by atoms with E-state index in [0.29, 0.717) is 21.9 Å². The molecule has 3 atom stereocenters. The summed E-state index contributed by atoms with van der Waals surface area (Å²) in [5.41, 5.74) is 0.0680. The molecule has 2 aromatic carbocycles. The van der Waals surface area contributed by atoms with E-state index in [-0.39, 0.29) is 29.7 Å². The topological polar surface area (TPSA) is 85.6 Å². The second-order valence-electron chi connectivity index (χ2n) is 11.0. The van der Waals surface area contributed by atoms with Crippen LogP contribution >= 0.6 is 0 Å². The van der Waals surface area contributed by atoms with Crippen LogP contribution in [0.1, 0.15) is 53.0 Å². The van der Waals surface area contributed by atoms with Gasteiger partial charge in [-0.25, -0.2) is 27.5 Å². The molecule has 1 amide bonds. The predicted octanol–water partition coefficient (Wildman–Crippen LogP) is 6.41. The van der Waals surface area contributed by atoms with Gasteiger partial charge in [-0.2, -0.15) is 13.9 Å². The van der Waals surface area contributed by atoms with E-state index >= 15 is 8.78 Å². The SMILES string of the molecule is O=C(Cn1nc(C(F)F)c2c1C(F)(F)C1CC21)N[C@@H](Cc1cc(F)cc(F)c1)c1ncncc1-c1cccc2cnccc12. The Morgan fingerprint density at radius 3 is 2.59 bits per heavy atom. The molecule has 0 bridgehead atoms. The molecule has 44 heavy (non-hydrogen) atoms. The summed E-state index contributed by atoms with van der Waals surface area (Å²) >= 11 is 0. The van der Waals surface area contributed by atoms with Crippen molar-refractivity contribution in [2.75, 3.05) is 0 Å². The molecule has 1 N–H and O–H groups in total. The average molecular weight is 609 g/mol. The molecular formula is C31H22F6N6O. The second-order valence-corrected chi connectivity index (χ2v) is 11.0. The maximum atomic E-state index is 15.1. The molecule has 7 rings (SSSR count). The normalized spacial score (nSPS) is 18.7. The number of pyridine rings is 1. The van der Waals surface area contributed by atoms with Crippen LogP contribution in [0.5, 0.6) is 0 Å². The van der Waals surface area contributed by atoms with Crippen molar-refractivity contribution in [2.45, 2.75) is 43.7 Å². The highest BCUT2D eigenvalue weighted by Crippen LogP contribution is 2.68. The number of halogens is 6. The maximum Gasteiger partial charge on any atom is 0.293 e. The fourth-order valence-corrected chi connectivity index (χ4v) is 6.32. The Morgan fingerprint density at radius 2 is 1.82 bits per heavy atom. The lowest BCUT2D eigenvalue weighted by Crippen LogP contribution is -2.35. The van der Waals surface area contributed by atoms with Gasteiger partial charge < -0.3 is 5.32 Å².